The van der Waals surface area contributed by atoms with Crippen LogP contribution in [0.1, 0.15) is 29.8 Å². The smallest absolute Gasteiger partial charge is 0.322 e. The summed E-state index contributed by atoms with van der Waals surface area (Å²) in [5.41, 5.74) is 3.29. The molecule has 0 spiro atoms. The number of aryl methyl sites for hydroxylation is 2. The van der Waals surface area contributed by atoms with Crippen LogP contribution in [-0.4, -0.2) is 27.6 Å². The van der Waals surface area contributed by atoms with Crippen molar-refractivity contribution in [3.05, 3.63) is 17.0 Å². The standard InChI is InChI=1S/C11H15N3O2/c1-7-8-4-2-3-5-9(8)14-11(13-7)12-6-10(15)16/h2-6H2,1H3,(H,15,16)(H,12,13,14). The highest BCUT2D eigenvalue weighted by Gasteiger charge is 2.15. The van der Waals surface area contributed by atoms with Crippen molar-refractivity contribution in [1.29, 1.82) is 0 Å². The van der Waals surface area contributed by atoms with Gasteiger partial charge in [-0.05, 0) is 38.2 Å². The van der Waals surface area contributed by atoms with Crippen LogP contribution >= 0.6 is 0 Å². The van der Waals surface area contributed by atoms with E-state index in [9.17, 15) is 4.79 Å². The second-order valence-corrected chi connectivity index (χ2v) is 4.01. The largest absolute Gasteiger partial charge is 0.480 e. The highest BCUT2D eigenvalue weighted by atomic mass is 16.4. The van der Waals surface area contributed by atoms with Gasteiger partial charge in [-0.2, -0.15) is 0 Å². The molecule has 86 valence electrons. The first kappa shape index (κ1) is 10.9. The molecule has 0 saturated heterocycles. The lowest BCUT2D eigenvalue weighted by Crippen LogP contribution is -2.17. The Morgan fingerprint density at radius 3 is 2.88 bits per heavy atom. The van der Waals surface area contributed by atoms with Crippen LogP contribution in [0.25, 0.3) is 0 Å². The first-order chi connectivity index (χ1) is 7.66. The zero-order valence-corrected chi connectivity index (χ0v) is 9.29. The average molecular weight is 221 g/mol. The van der Waals surface area contributed by atoms with E-state index < -0.39 is 5.97 Å². The fourth-order valence-corrected chi connectivity index (χ4v) is 2.02. The molecule has 0 atom stereocenters. The lowest BCUT2D eigenvalue weighted by molar-refractivity contribution is -0.134. The van der Waals surface area contributed by atoms with Crippen molar-refractivity contribution >= 4 is 11.9 Å². The molecule has 1 heterocycles. The lowest BCUT2D eigenvalue weighted by Gasteiger charge is -2.17. The maximum Gasteiger partial charge on any atom is 0.322 e. The second-order valence-electron chi connectivity index (χ2n) is 4.01. The summed E-state index contributed by atoms with van der Waals surface area (Å²) in [4.78, 5) is 19.1. The summed E-state index contributed by atoms with van der Waals surface area (Å²) in [6.45, 7) is 1.82. The summed E-state index contributed by atoms with van der Waals surface area (Å²) < 4.78 is 0. The zero-order chi connectivity index (χ0) is 11.5. The molecule has 0 amide bonds. The number of hydrogen-bond donors (Lipinski definition) is 2. The highest BCUT2D eigenvalue weighted by molar-refractivity contribution is 5.71. The van der Waals surface area contributed by atoms with Crippen LogP contribution in [0, 0.1) is 6.92 Å². The van der Waals surface area contributed by atoms with E-state index in [1.807, 2.05) is 6.92 Å². The fourth-order valence-electron chi connectivity index (χ4n) is 2.02. The number of nitrogens with one attached hydrogen (secondary N) is 1. The fraction of sp³-hybridized carbons (Fsp3) is 0.545. The van der Waals surface area contributed by atoms with E-state index in [4.69, 9.17) is 5.11 Å². The van der Waals surface area contributed by atoms with Gasteiger partial charge >= 0.3 is 5.97 Å². The number of anilines is 1. The number of carboxylic acids is 1. The van der Waals surface area contributed by atoms with Crippen molar-refractivity contribution < 1.29 is 9.90 Å². The van der Waals surface area contributed by atoms with Crippen molar-refractivity contribution in [1.82, 2.24) is 9.97 Å². The first-order valence-corrected chi connectivity index (χ1v) is 5.49. The van der Waals surface area contributed by atoms with Gasteiger partial charge in [0.1, 0.15) is 6.54 Å². The van der Waals surface area contributed by atoms with E-state index in [0.717, 1.165) is 30.7 Å². The molecule has 1 aromatic rings. The Bertz CT molecular complexity index is 418. The first-order valence-electron chi connectivity index (χ1n) is 5.49. The van der Waals surface area contributed by atoms with E-state index in [1.165, 1.54) is 12.0 Å². The number of carbonyl (C=O) groups is 1. The summed E-state index contributed by atoms with van der Waals surface area (Å²) >= 11 is 0. The molecule has 0 radical (unpaired) electrons. The van der Waals surface area contributed by atoms with Gasteiger partial charge in [0, 0.05) is 11.4 Å². The third-order valence-electron chi connectivity index (χ3n) is 2.79. The van der Waals surface area contributed by atoms with Crippen LogP contribution in [-0.2, 0) is 17.6 Å². The number of aromatic nitrogens is 2. The topological polar surface area (TPSA) is 75.1 Å². The minimum atomic E-state index is -0.904. The van der Waals surface area contributed by atoms with Gasteiger partial charge in [0.15, 0.2) is 0 Å². The van der Waals surface area contributed by atoms with Crippen molar-refractivity contribution in [2.24, 2.45) is 0 Å². The molecule has 0 unspecified atom stereocenters. The normalized spacial score (nSPS) is 14.3. The molecule has 2 N–H and O–H groups in total. The molecule has 5 heteroatoms. The van der Waals surface area contributed by atoms with E-state index in [1.54, 1.807) is 0 Å². The molecule has 0 bridgehead atoms. The van der Waals surface area contributed by atoms with Gasteiger partial charge in [-0.1, -0.05) is 0 Å². The van der Waals surface area contributed by atoms with Crippen LogP contribution in [0.4, 0.5) is 5.95 Å². The van der Waals surface area contributed by atoms with Crippen LogP contribution in [0.3, 0.4) is 0 Å². The maximum atomic E-state index is 10.4. The van der Waals surface area contributed by atoms with E-state index in [2.05, 4.69) is 15.3 Å². The second kappa shape index (κ2) is 4.47. The number of carboxylic acid groups (broad SMARTS) is 1. The van der Waals surface area contributed by atoms with Crippen LogP contribution in [0.2, 0.25) is 0 Å². The predicted octanol–water partition coefficient (Wildman–Crippen LogP) is 1.16. The highest BCUT2D eigenvalue weighted by Crippen LogP contribution is 2.22. The Morgan fingerprint density at radius 2 is 2.12 bits per heavy atom. The molecule has 1 aliphatic rings. The SMILES string of the molecule is Cc1nc(NCC(=O)O)nc2c1CCCC2. The van der Waals surface area contributed by atoms with E-state index in [0.29, 0.717) is 5.95 Å². The van der Waals surface area contributed by atoms with E-state index >= 15 is 0 Å². The molecule has 0 aliphatic heterocycles. The predicted molar refractivity (Wildman–Crippen MR) is 59.5 cm³/mol. The average Bonchev–Trinajstić information content (AvgIpc) is 2.26. The Kier molecular flexibility index (Phi) is 3.03. The van der Waals surface area contributed by atoms with Crippen molar-refractivity contribution in [3.63, 3.8) is 0 Å². The molecular formula is C11H15N3O2. The zero-order valence-electron chi connectivity index (χ0n) is 9.29. The molecule has 0 aromatic carbocycles. The van der Waals surface area contributed by atoms with Crippen LogP contribution in [0.15, 0.2) is 0 Å². The van der Waals surface area contributed by atoms with Gasteiger partial charge in [-0.25, -0.2) is 9.97 Å². The van der Waals surface area contributed by atoms with Crippen molar-refractivity contribution in [2.45, 2.75) is 32.6 Å². The van der Waals surface area contributed by atoms with Crippen molar-refractivity contribution in [2.75, 3.05) is 11.9 Å². The van der Waals surface area contributed by atoms with Gasteiger partial charge in [-0.3, -0.25) is 4.79 Å². The molecular weight excluding hydrogens is 206 g/mol. The Hall–Kier alpha value is -1.65. The van der Waals surface area contributed by atoms with E-state index in [-0.39, 0.29) is 6.54 Å². The van der Waals surface area contributed by atoms with Gasteiger partial charge in [0.2, 0.25) is 5.95 Å². The summed E-state index contributed by atoms with van der Waals surface area (Å²) in [5, 5.41) is 11.3. The third kappa shape index (κ3) is 2.29. The Balaban J connectivity index is 2.21. The molecule has 1 aliphatic carbocycles. The van der Waals surface area contributed by atoms with Gasteiger partial charge in [0.05, 0.1) is 0 Å². The molecule has 5 nitrogen and oxygen atoms in total. The molecule has 2 rings (SSSR count). The summed E-state index contributed by atoms with van der Waals surface area (Å²) in [7, 11) is 0. The number of nitrogens with zero attached hydrogens (tertiary/aromatic N) is 2. The summed E-state index contributed by atoms with van der Waals surface area (Å²) in [6, 6.07) is 0. The number of aliphatic carboxylic acids is 1. The number of rotatable bonds is 3. The van der Waals surface area contributed by atoms with Crippen LogP contribution in [0.5, 0.6) is 0 Å². The Morgan fingerprint density at radius 1 is 1.38 bits per heavy atom. The van der Waals surface area contributed by atoms with Crippen molar-refractivity contribution in [3.8, 4) is 0 Å². The number of fused-ring (bicyclic) bond motifs is 1. The minimum absolute atomic E-state index is 0.141. The molecule has 0 saturated carbocycles. The third-order valence-corrected chi connectivity index (χ3v) is 2.79. The molecule has 1 aromatic heterocycles. The van der Waals surface area contributed by atoms with Crippen LogP contribution < -0.4 is 5.32 Å². The summed E-state index contributed by atoms with van der Waals surface area (Å²) in [6.07, 6.45) is 4.36. The lowest BCUT2D eigenvalue weighted by atomic mass is 9.95. The molecule has 0 fully saturated rings. The maximum absolute atomic E-state index is 10.4. The Labute approximate surface area is 93.9 Å². The van der Waals surface area contributed by atoms with Gasteiger partial charge in [0.25, 0.3) is 0 Å². The quantitative estimate of drug-likeness (QED) is 0.801. The summed E-state index contributed by atoms with van der Waals surface area (Å²) in [5.74, 6) is -0.473. The monoisotopic (exact) mass is 221 g/mol. The van der Waals surface area contributed by atoms with Gasteiger partial charge < -0.3 is 10.4 Å². The number of hydrogen-bond acceptors (Lipinski definition) is 4. The minimum Gasteiger partial charge on any atom is -0.480 e. The van der Waals surface area contributed by atoms with Gasteiger partial charge in [-0.15, -0.1) is 0 Å². The molecule has 16 heavy (non-hydrogen) atoms.